The van der Waals surface area contributed by atoms with Gasteiger partial charge in [0, 0.05) is 0 Å². The molecule has 0 aromatic heterocycles. The maximum atomic E-state index is 9.63. The summed E-state index contributed by atoms with van der Waals surface area (Å²) in [5.41, 5.74) is 2.80. The Hall–Kier alpha value is -0.820. The minimum atomic E-state index is -0.0756. The predicted octanol–water partition coefficient (Wildman–Crippen LogP) is 3.01. The molecule has 0 bridgehead atoms. The second-order valence-electron chi connectivity index (χ2n) is 4.37. The zero-order valence-electron chi connectivity index (χ0n) is 8.74. The Morgan fingerprint density at radius 2 is 2.00 bits per heavy atom. The summed E-state index contributed by atoms with van der Waals surface area (Å²) in [7, 11) is 0. The average molecular weight is 190 g/mol. The highest BCUT2D eigenvalue weighted by Gasteiger charge is 2.22. The van der Waals surface area contributed by atoms with Gasteiger partial charge in [-0.25, -0.2) is 0 Å². The van der Waals surface area contributed by atoms with Crippen molar-refractivity contribution in [2.24, 2.45) is 0 Å². The molecular formula is C13H18O. The van der Waals surface area contributed by atoms with Crippen LogP contribution in [0.5, 0.6) is 0 Å². The minimum absolute atomic E-state index is 0.0756. The molecule has 2 rings (SSSR count). The van der Waals surface area contributed by atoms with Crippen LogP contribution in [0.15, 0.2) is 24.3 Å². The van der Waals surface area contributed by atoms with Crippen LogP contribution >= 0.6 is 0 Å². The van der Waals surface area contributed by atoms with Gasteiger partial charge in [-0.3, -0.25) is 0 Å². The van der Waals surface area contributed by atoms with E-state index in [4.69, 9.17) is 0 Å². The van der Waals surface area contributed by atoms with Crippen LogP contribution in [0.2, 0.25) is 0 Å². The highest BCUT2D eigenvalue weighted by atomic mass is 16.3. The lowest BCUT2D eigenvalue weighted by molar-refractivity contribution is 0.119. The fraction of sp³-hybridized carbons (Fsp3) is 0.538. The topological polar surface area (TPSA) is 20.2 Å². The Bertz CT molecular complexity index is 306. The Balaban J connectivity index is 2.18. The molecule has 1 saturated carbocycles. The molecule has 76 valence electrons. The Morgan fingerprint density at radius 1 is 1.21 bits per heavy atom. The zero-order valence-corrected chi connectivity index (χ0v) is 8.74. The quantitative estimate of drug-likeness (QED) is 0.721. The summed E-state index contributed by atoms with van der Waals surface area (Å²) < 4.78 is 0. The van der Waals surface area contributed by atoms with Crippen LogP contribution in [0.4, 0.5) is 0 Å². The molecule has 2 atom stereocenters. The van der Waals surface area contributed by atoms with Crippen molar-refractivity contribution in [1.82, 2.24) is 0 Å². The Labute approximate surface area is 85.8 Å². The van der Waals surface area contributed by atoms with E-state index in [1.54, 1.807) is 0 Å². The second-order valence-corrected chi connectivity index (χ2v) is 4.37. The third-order valence-corrected chi connectivity index (χ3v) is 3.27. The third-order valence-electron chi connectivity index (χ3n) is 3.27. The smallest absolute Gasteiger partial charge is 0.0546 e. The van der Waals surface area contributed by atoms with Gasteiger partial charge in [-0.15, -0.1) is 0 Å². The van der Waals surface area contributed by atoms with Gasteiger partial charge < -0.3 is 5.11 Å². The summed E-state index contributed by atoms with van der Waals surface area (Å²) in [4.78, 5) is 0. The van der Waals surface area contributed by atoms with Gasteiger partial charge in [0.1, 0.15) is 0 Å². The van der Waals surface area contributed by atoms with Crippen molar-refractivity contribution in [2.45, 2.75) is 44.6 Å². The molecule has 0 saturated heterocycles. The van der Waals surface area contributed by atoms with Gasteiger partial charge >= 0.3 is 0 Å². The van der Waals surface area contributed by atoms with E-state index in [0.717, 1.165) is 12.8 Å². The number of hydrogen-bond donors (Lipinski definition) is 1. The highest BCUT2D eigenvalue weighted by molar-refractivity contribution is 5.29. The molecule has 1 aliphatic rings. The fourth-order valence-electron chi connectivity index (χ4n) is 2.49. The lowest BCUT2D eigenvalue weighted by atomic mass is 9.81. The molecule has 0 aliphatic heterocycles. The maximum absolute atomic E-state index is 9.63. The van der Waals surface area contributed by atoms with Gasteiger partial charge in [0.05, 0.1) is 6.10 Å². The van der Waals surface area contributed by atoms with Gasteiger partial charge in [0.25, 0.3) is 0 Å². The molecule has 1 aliphatic carbocycles. The average Bonchev–Trinajstić information content (AvgIpc) is 2.18. The SMILES string of the molecule is Cc1ccccc1C1CCCC(O)C1. The van der Waals surface area contributed by atoms with Gasteiger partial charge in [0.15, 0.2) is 0 Å². The molecule has 1 heteroatoms. The van der Waals surface area contributed by atoms with E-state index in [1.807, 2.05) is 0 Å². The van der Waals surface area contributed by atoms with E-state index in [1.165, 1.54) is 24.0 Å². The minimum Gasteiger partial charge on any atom is -0.393 e. The summed E-state index contributed by atoms with van der Waals surface area (Å²) in [5.74, 6) is 0.583. The second kappa shape index (κ2) is 4.14. The van der Waals surface area contributed by atoms with Crippen LogP contribution < -0.4 is 0 Å². The van der Waals surface area contributed by atoms with Gasteiger partial charge in [0.2, 0.25) is 0 Å². The third kappa shape index (κ3) is 1.98. The molecule has 1 nitrogen and oxygen atoms in total. The first kappa shape index (κ1) is 9.72. The molecule has 0 heterocycles. The normalized spacial score (nSPS) is 27.6. The first-order valence-corrected chi connectivity index (χ1v) is 5.51. The maximum Gasteiger partial charge on any atom is 0.0546 e. The van der Waals surface area contributed by atoms with E-state index in [9.17, 15) is 5.11 Å². The van der Waals surface area contributed by atoms with Gasteiger partial charge in [-0.2, -0.15) is 0 Å². The lowest BCUT2D eigenvalue weighted by Gasteiger charge is -2.27. The summed E-state index contributed by atoms with van der Waals surface area (Å²) in [6, 6.07) is 8.55. The summed E-state index contributed by atoms with van der Waals surface area (Å²) in [6.07, 6.45) is 4.27. The van der Waals surface area contributed by atoms with E-state index >= 15 is 0 Å². The van der Waals surface area contributed by atoms with Crippen molar-refractivity contribution >= 4 is 0 Å². The van der Waals surface area contributed by atoms with E-state index in [0.29, 0.717) is 5.92 Å². The van der Waals surface area contributed by atoms with Gasteiger partial charge in [-0.05, 0) is 43.2 Å². The van der Waals surface area contributed by atoms with Crippen LogP contribution in [0.3, 0.4) is 0 Å². The van der Waals surface area contributed by atoms with Crippen LogP contribution in [0.25, 0.3) is 0 Å². The van der Waals surface area contributed by atoms with E-state index in [-0.39, 0.29) is 6.10 Å². The highest BCUT2D eigenvalue weighted by Crippen LogP contribution is 2.34. The molecular weight excluding hydrogens is 172 g/mol. The van der Waals surface area contributed by atoms with E-state index < -0.39 is 0 Å². The Kier molecular flexibility index (Phi) is 2.87. The summed E-state index contributed by atoms with van der Waals surface area (Å²) in [5, 5.41) is 9.63. The van der Waals surface area contributed by atoms with Crippen LogP contribution in [-0.4, -0.2) is 11.2 Å². The molecule has 0 spiro atoms. The molecule has 1 N–H and O–H groups in total. The van der Waals surface area contributed by atoms with Crippen LogP contribution in [0, 0.1) is 6.92 Å². The number of aryl methyl sites for hydroxylation is 1. The van der Waals surface area contributed by atoms with Crippen molar-refractivity contribution < 1.29 is 5.11 Å². The number of hydrogen-bond acceptors (Lipinski definition) is 1. The van der Waals surface area contributed by atoms with E-state index in [2.05, 4.69) is 31.2 Å². The Morgan fingerprint density at radius 3 is 2.71 bits per heavy atom. The summed E-state index contributed by atoms with van der Waals surface area (Å²) >= 11 is 0. The summed E-state index contributed by atoms with van der Waals surface area (Å²) in [6.45, 7) is 2.16. The first-order chi connectivity index (χ1) is 6.77. The predicted molar refractivity (Wildman–Crippen MR) is 58.4 cm³/mol. The first-order valence-electron chi connectivity index (χ1n) is 5.51. The van der Waals surface area contributed by atoms with Crippen molar-refractivity contribution in [1.29, 1.82) is 0 Å². The van der Waals surface area contributed by atoms with Crippen LogP contribution in [0.1, 0.15) is 42.7 Å². The van der Waals surface area contributed by atoms with Crippen molar-refractivity contribution in [2.75, 3.05) is 0 Å². The number of aliphatic hydroxyl groups is 1. The van der Waals surface area contributed by atoms with Crippen molar-refractivity contribution in [3.63, 3.8) is 0 Å². The van der Waals surface area contributed by atoms with Crippen LogP contribution in [-0.2, 0) is 0 Å². The number of aliphatic hydroxyl groups excluding tert-OH is 1. The number of rotatable bonds is 1. The zero-order chi connectivity index (χ0) is 9.97. The largest absolute Gasteiger partial charge is 0.393 e. The van der Waals surface area contributed by atoms with Gasteiger partial charge in [-0.1, -0.05) is 30.7 Å². The van der Waals surface area contributed by atoms with Crippen molar-refractivity contribution in [3.05, 3.63) is 35.4 Å². The molecule has 0 radical (unpaired) electrons. The monoisotopic (exact) mass is 190 g/mol. The molecule has 2 unspecified atom stereocenters. The fourth-order valence-corrected chi connectivity index (χ4v) is 2.49. The number of benzene rings is 1. The molecule has 0 amide bonds. The lowest BCUT2D eigenvalue weighted by Crippen LogP contribution is -2.18. The molecule has 1 aromatic rings. The molecule has 14 heavy (non-hydrogen) atoms. The standard InChI is InChI=1S/C13H18O/c1-10-5-2-3-8-13(10)11-6-4-7-12(14)9-11/h2-3,5,8,11-12,14H,4,6-7,9H2,1H3. The van der Waals surface area contributed by atoms with Crippen molar-refractivity contribution in [3.8, 4) is 0 Å². The molecule has 1 fully saturated rings. The molecule has 1 aromatic carbocycles.